The summed E-state index contributed by atoms with van der Waals surface area (Å²) in [6.45, 7) is 7.55. The number of hydrogen-bond donors (Lipinski definition) is 1. The van der Waals surface area contributed by atoms with Gasteiger partial charge < -0.3 is 29.3 Å². The number of rotatable bonds is 9. The van der Waals surface area contributed by atoms with Gasteiger partial charge in [0.1, 0.15) is 23.3 Å². The van der Waals surface area contributed by atoms with Crippen LogP contribution in [-0.4, -0.2) is 108 Å². The Balaban J connectivity index is 1.13. The number of carbonyl (C=O) groups is 1. The first kappa shape index (κ1) is 32.3. The fourth-order valence-electron chi connectivity index (χ4n) is 6.27. The number of alkyl halides is 2. The van der Waals surface area contributed by atoms with Gasteiger partial charge in [0.2, 0.25) is 17.7 Å². The molecule has 14 heteroatoms. The third-order valence-electron chi connectivity index (χ3n) is 8.89. The number of nitriles is 1. The van der Waals surface area contributed by atoms with Crippen molar-refractivity contribution in [3.8, 4) is 29.0 Å². The van der Waals surface area contributed by atoms with Crippen LogP contribution in [0.4, 0.5) is 26.2 Å². The number of anilines is 3. The summed E-state index contributed by atoms with van der Waals surface area (Å²) in [6.07, 6.45) is 0.237. The van der Waals surface area contributed by atoms with Crippen LogP contribution < -0.4 is 19.7 Å². The molecule has 0 radical (unpaired) electrons. The molecule has 248 valence electrons. The molecular weight excluding hydrogens is 610 g/mol. The third-order valence-corrected chi connectivity index (χ3v) is 8.89. The summed E-state index contributed by atoms with van der Waals surface area (Å²) in [5.74, 6) is -2.27. The fraction of sp³-hybridized carbons (Fsp3) is 0.485. The van der Waals surface area contributed by atoms with Crippen LogP contribution >= 0.6 is 0 Å². The zero-order chi connectivity index (χ0) is 33.1. The molecule has 2 aromatic heterocycles. The number of benzene rings is 1. The van der Waals surface area contributed by atoms with Crippen molar-refractivity contribution in [1.82, 2.24) is 24.8 Å². The monoisotopic (exact) mass is 648 g/mol. The minimum absolute atomic E-state index is 0.0435. The molecule has 2 atom stereocenters. The lowest BCUT2D eigenvalue weighted by atomic mass is 10.0. The van der Waals surface area contributed by atoms with E-state index in [1.54, 1.807) is 38.4 Å². The summed E-state index contributed by atoms with van der Waals surface area (Å²) in [5.41, 5.74) is 2.09. The Morgan fingerprint density at radius 3 is 2.68 bits per heavy atom. The molecule has 3 aliphatic rings. The van der Waals surface area contributed by atoms with E-state index in [0.717, 1.165) is 43.4 Å². The third kappa shape index (κ3) is 6.91. The largest absolute Gasteiger partial charge is 0.483 e. The molecule has 3 saturated heterocycles. The SMILES string of the molecule is CCC(=O)N1CCC(Oc2ccc(-c3ccnc(Nc4ccc(N5CCN(C6COC6)[C@H](C)C5)c(OC)n4)n3)cc2C#N)C(F)(F)C1. The van der Waals surface area contributed by atoms with Gasteiger partial charge in [-0.15, -0.1) is 0 Å². The second-order valence-corrected chi connectivity index (χ2v) is 12.0. The number of aromatic nitrogens is 3. The molecule has 3 fully saturated rings. The van der Waals surface area contributed by atoms with Gasteiger partial charge in [-0.25, -0.2) is 18.7 Å². The summed E-state index contributed by atoms with van der Waals surface area (Å²) in [4.78, 5) is 31.5. The van der Waals surface area contributed by atoms with Crippen molar-refractivity contribution < 1.29 is 27.8 Å². The summed E-state index contributed by atoms with van der Waals surface area (Å²) >= 11 is 0. The maximum Gasteiger partial charge on any atom is 0.301 e. The zero-order valence-electron chi connectivity index (χ0n) is 26.7. The Morgan fingerprint density at radius 2 is 2.00 bits per heavy atom. The summed E-state index contributed by atoms with van der Waals surface area (Å²) in [7, 11) is 1.59. The van der Waals surface area contributed by atoms with Crippen molar-refractivity contribution in [2.75, 3.05) is 63.3 Å². The fourth-order valence-corrected chi connectivity index (χ4v) is 6.27. The molecule has 1 amide bonds. The highest BCUT2D eigenvalue weighted by Crippen LogP contribution is 2.35. The molecule has 47 heavy (non-hydrogen) atoms. The number of hydrogen-bond acceptors (Lipinski definition) is 11. The Bertz CT molecular complexity index is 1650. The molecule has 1 aromatic carbocycles. The zero-order valence-corrected chi connectivity index (χ0v) is 26.7. The Hall–Kier alpha value is -4.61. The lowest BCUT2D eigenvalue weighted by molar-refractivity contribution is -0.159. The molecule has 1 unspecified atom stereocenters. The van der Waals surface area contributed by atoms with E-state index in [9.17, 15) is 18.8 Å². The Labute approximate surface area is 272 Å². The predicted molar refractivity (Wildman–Crippen MR) is 170 cm³/mol. The first-order valence-electron chi connectivity index (χ1n) is 15.8. The average Bonchev–Trinajstić information content (AvgIpc) is 3.05. The van der Waals surface area contributed by atoms with Crippen LogP contribution in [0.5, 0.6) is 11.6 Å². The van der Waals surface area contributed by atoms with Gasteiger partial charge >= 0.3 is 5.92 Å². The second kappa shape index (κ2) is 13.6. The number of halogens is 2. The van der Waals surface area contributed by atoms with Crippen LogP contribution in [0.15, 0.2) is 42.6 Å². The number of amides is 1. The van der Waals surface area contributed by atoms with Gasteiger partial charge in [0.25, 0.3) is 0 Å². The van der Waals surface area contributed by atoms with E-state index in [4.69, 9.17) is 14.2 Å². The minimum Gasteiger partial charge on any atom is -0.483 e. The number of carbonyl (C=O) groups excluding carboxylic acids is 1. The van der Waals surface area contributed by atoms with Crippen molar-refractivity contribution in [1.29, 1.82) is 5.26 Å². The van der Waals surface area contributed by atoms with Crippen molar-refractivity contribution in [3.63, 3.8) is 0 Å². The molecule has 5 heterocycles. The van der Waals surface area contributed by atoms with Crippen LogP contribution in [0.1, 0.15) is 32.3 Å². The molecule has 0 bridgehead atoms. The van der Waals surface area contributed by atoms with E-state index >= 15 is 0 Å². The minimum atomic E-state index is -3.25. The predicted octanol–water partition coefficient (Wildman–Crippen LogP) is 4.10. The molecule has 1 N–H and O–H groups in total. The van der Waals surface area contributed by atoms with E-state index in [0.29, 0.717) is 35.0 Å². The molecule has 6 rings (SSSR count). The summed E-state index contributed by atoms with van der Waals surface area (Å²) in [6, 6.07) is 13.1. The Morgan fingerprint density at radius 1 is 1.17 bits per heavy atom. The van der Waals surface area contributed by atoms with Gasteiger partial charge in [-0.3, -0.25) is 9.69 Å². The van der Waals surface area contributed by atoms with Crippen molar-refractivity contribution in [2.45, 2.75) is 50.8 Å². The van der Waals surface area contributed by atoms with E-state index in [-0.39, 0.29) is 42.6 Å². The average molecular weight is 649 g/mol. The number of nitrogens with zero attached hydrogens (tertiary/aromatic N) is 7. The van der Waals surface area contributed by atoms with E-state index < -0.39 is 18.6 Å². The van der Waals surface area contributed by atoms with E-state index in [1.807, 2.05) is 18.2 Å². The summed E-state index contributed by atoms with van der Waals surface area (Å²) < 4.78 is 46.5. The van der Waals surface area contributed by atoms with Gasteiger partial charge in [-0.05, 0) is 43.3 Å². The highest BCUT2D eigenvalue weighted by molar-refractivity contribution is 5.76. The van der Waals surface area contributed by atoms with Gasteiger partial charge in [-0.2, -0.15) is 10.2 Å². The molecule has 3 aliphatic heterocycles. The van der Waals surface area contributed by atoms with Gasteiger partial charge in [0, 0.05) is 56.8 Å². The van der Waals surface area contributed by atoms with Crippen molar-refractivity contribution in [2.24, 2.45) is 0 Å². The highest BCUT2D eigenvalue weighted by Gasteiger charge is 2.47. The number of piperidine rings is 1. The summed E-state index contributed by atoms with van der Waals surface area (Å²) in [5, 5.41) is 13.0. The molecule has 0 spiro atoms. The number of piperazine rings is 1. The highest BCUT2D eigenvalue weighted by atomic mass is 19.3. The normalized spacial score (nSPS) is 21.4. The van der Waals surface area contributed by atoms with Crippen LogP contribution in [-0.2, 0) is 9.53 Å². The molecule has 12 nitrogen and oxygen atoms in total. The van der Waals surface area contributed by atoms with Gasteiger partial charge in [-0.1, -0.05) is 6.92 Å². The van der Waals surface area contributed by atoms with E-state index in [1.165, 1.54) is 6.07 Å². The van der Waals surface area contributed by atoms with Crippen LogP contribution in [0, 0.1) is 11.3 Å². The topological polar surface area (TPSA) is 129 Å². The van der Waals surface area contributed by atoms with Crippen LogP contribution in [0.25, 0.3) is 11.3 Å². The first-order chi connectivity index (χ1) is 22.7. The second-order valence-electron chi connectivity index (χ2n) is 12.0. The van der Waals surface area contributed by atoms with Crippen molar-refractivity contribution in [3.05, 3.63) is 48.2 Å². The molecule has 0 saturated carbocycles. The number of pyridine rings is 1. The number of methoxy groups -OCH3 is 1. The smallest absolute Gasteiger partial charge is 0.301 e. The molecule has 0 aliphatic carbocycles. The maximum absolute atomic E-state index is 14.9. The maximum atomic E-state index is 14.9. The van der Waals surface area contributed by atoms with Gasteiger partial charge in [0.05, 0.1) is 44.2 Å². The standard InChI is InChI=1S/C33H38F2N8O4/c1-4-30(44)42-12-10-28(33(34,35)20-42)47-27-7-5-22(15-23(27)16-36)25-9-11-37-32(38-25)40-29-8-6-26(31(39-29)45-3)41-13-14-43(21(2)17-41)24-18-46-19-24/h5-9,11,15,21,24,28H,4,10,12-14,17-20H2,1-3H3,(H,37,38,39,40)/t21-,28?/m1/s1. The van der Waals surface area contributed by atoms with Crippen LogP contribution in [0.3, 0.4) is 0 Å². The molecular formula is C33H38F2N8O4. The quantitative estimate of drug-likeness (QED) is 0.360. The van der Waals surface area contributed by atoms with Crippen molar-refractivity contribution >= 4 is 23.4 Å². The lowest BCUT2D eigenvalue weighted by Gasteiger charge is -2.47. The van der Waals surface area contributed by atoms with E-state index in [2.05, 4.69) is 37.0 Å². The number of likely N-dealkylation sites (tertiary alicyclic amines) is 1. The first-order valence-corrected chi connectivity index (χ1v) is 15.8. The molecule has 3 aromatic rings. The van der Waals surface area contributed by atoms with Crippen LogP contribution in [0.2, 0.25) is 0 Å². The van der Waals surface area contributed by atoms with Gasteiger partial charge in [0.15, 0.2) is 6.10 Å². The number of ether oxygens (including phenoxy) is 3. The Kier molecular flexibility index (Phi) is 9.38. The number of nitrogens with one attached hydrogen (secondary N) is 1. The lowest BCUT2D eigenvalue weighted by Crippen LogP contribution is -2.60.